The van der Waals surface area contributed by atoms with Crippen LogP contribution >= 0.6 is 39.1 Å². The number of benzene rings is 1. The summed E-state index contributed by atoms with van der Waals surface area (Å²) >= 11 is 15.0. The highest BCUT2D eigenvalue weighted by Gasteiger charge is 2.22. The van der Waals surface area contributed by atoms with Gasteiger partial charge in [-0.2, -0.15) is 4.98 Å². The van der Waals surface area contributed by atoms with Crippen LogP contribution in [0.5, 0.6) is 0 Å². The summed E-state index contributed by atoms with van der Waals surface area (Å²) in [4.78, 5) is 3.70. The van der Waals surface area contributed by atoms with E-state index in [1.807, 2.05) is 0 Å². The van der Waals surface area contributed by atoms with Crippen molar-refractivity contribution in [2.75, 3.05) is 0 Å². The summed E-state index contributed by atoms with van der Waals surface area (Å²) in [6.45, 7) is 1.48. The van der Waals surface area contributed by atoms with Crippen LogP contribution in [-0.4, -0.2) is 18.6 Å². The van der Waals surface area contributed by atoms with Gasteiger partial charge in [0.25, 0.3) is 0 Å². The second kappa shape index (κ2) is 5.98. The van der Waals surface area contributed by atoms with Crippen LogP contribution in [0.15, 0.2) is 26.0 Å². The van der Waals surface area contributed by atoms with Crippen molar-refractivity contribution in [2.24, 2.45) is 0 Å². The molecule has 0 unspecified atom stereocenters. The lowest BCUT2D eigenvalue weighted by Crippen LogP contribution is -2.24. The fraction of sp³-hybridized carbons (Fsp3) is 0.200. The summed E-state index contributed by atoms with van der Waals surface area (Å²) in [6.07, 6.45) is 0. The maximum absolute atomic E-state index is 12.2. The van der Waals surface area contributed by atoms with Crippen molar-refractivity contribution in [3.63, 3.8) is 0 Å². The number of hydrogen-bond acceptors (Lipinski definition) is 5. The number of halogens is 3. The molecule has 0 aliphatic rings. The molecule has 0 radical (unpaired) electrons. The lowest BCUT2D eigenvalue weighted by molar-refractivity contribution is 0.387. The molecule has 6 nitrogen and oxygen atoms in total. The van der Waals surface area contributed by atoms with Crippen LogP contribution in [-0.2, 0) is 16.6 Å². The first kappa shape index (κ1) is 15.7. The van der Waals surface area contributed by atoms with Crippen LogP contribution in [0.1, 0.15) is 11.7 Å². The first-order valence-electron chi connectivity index (χ1n) is 5.23. The molecular formula is C10H8BrCl2N3O3S. The highest BCUT2D eigenvalue weighted by Crippen LogP contribution is 2.32. The first-order chi connectivity index (χ1) is 9.29. The van der Waals surface area contributed by atoms with E-state index >= 15 is 0 Å². The van der Waals surface area contributed by atoms with E-state index in [0.717, 1.165) is 0 Å². The molecule has 0 atom stereocenters. The van der Waals surface area contributed by atoms with Gasteiger partial charge in [-0.3, -0.25) is 0 Å². The summed E-state index contributed by atoms with van der Waals surface area (Å²) < 4.78 is 32.0. The number of aryl methyl sites for hydroxylation is 1. The van der Waals surface area contributed by atoms with Gasteiger partial charge in [-0.15, -0.1) is 0 Å². The maximum Gasteiger partial charge on any atom is 0.243 e. The monoisotopic (exact) mass is 399 g/mol. The minimum atomic E-state index is -3.88. The third kappa shape index (κ3) is 3.50. The molecule has 2 rings (SSSR count). The molecule has 20 heavy (non-hydrogen) atoms. The molecule has 0 amide bonds. The molecule has 0 saturated carbocycles. The van der Waals surface area contributed by atoms with Crippen molar-refractivity contribution < 1.29 is 12.9 Å². The number of nitrogens with one attached hydrogen (secondary N) is 1. The van der Waals surface area contributed by atoms with Crippen LogP contribution in [0.2, 0.25) is 10.0 Å². The summed E-state index contributed by atoms with van der Waals surface area (Å²) in [7, 11) is -3.88. The predicted molar refractivity (Wildman–Crippen MR) is 77.2 cm³/mol. The van der Waals surface area contributed by atoms with Crippen LogP contribution in [0.25, 0.3) is 0 Å². The molecule has 1 N–H and O–H groups in total. The SMILES string of the molecule is Cc1nc(CNS(=O)(=O)c2c(Cl)cc(Br)cc2Cl)no1. The molecule has 0 aliphatic carbocycles. The van der Waals surface area contributed by atoms with E-state index in [1.54, 1.807) is 6.92 Å². The van der Waals surface area contributed by atoms with E-state index in [9.17, 15) is 8.42 Å². The van der Waals surface area contributed by atoms with Gasteiger partial charge in [0.05, 0.1) is 16.6 Å². The van der Waals surface area contributed by atoms with E-state index < -0.39 is 10.0 Å². The van der Waals surface area contributed by atoms with Crippen LogP contribution in [0.4, 0.5) is 0 Å². The summed E-state index contributed by atoms with van der Waals surface area (Å²) in [5.74, 6) is 0.564. The molecule has 0 aliphatic heterocycles. The first-order valence-corrected chi connectivity index (χ1v) is 8.26. The zero-order chi connectivity index (χ0) is 14.9. The van der Waals surface area contributed by atoms with Gasteiger partial charge in [0, 0.05) is 11.4 Å². The summed E-state index contributed by atoms with van der Waals surface area (Å²) in [5.41, 5.74) is 0. The van der Waals surface area contributed by atoms with Crippen LogP contribution in [0, 0.1) is 6.92 Å². The zero-order valence-electron chi connectivity index (χ0n) is 10.0. The lowest BCUT2D eigenvalue weighted by Gasteiger charge is -2.09. The van der Waals surface area contributed by atoms with E-state index in [-0.39, 0.29) is 27.3 Å². The van der Waals surface area contributed by atoms with E-state index in [2.05, 4.69) is 30.8 Å². The maximum atomic E-state index is 12.2. The molecule has 0 saturated heterocycles. The standard InChI is InChI=1S/C10H8BrCl2N3O3S/c1-5-15-9(16-19-5)4-14-20(17,18)10-7(12)2-6(11)3-8(10)13/h2-3,14H,4H2,1H3. The van der Waals surface area contributed by atoms with Gasteiger partial charge in [-0.25, -0.2) is 13.1 Å². The molecule has 2 aromatic rings. The molecule has 108 valence electrons. The zero-order valence-corrected chi connectivity index (χ0v) is 13.9. The highest BCUT2D eigenvalue weighted by molar-refractivity contribution is 9.10. The Morgan fingerprint density at radius 3 is 2.45 bits per heavy atom. The quantitative estimate of drug-likeness (QED) is 0.852. The van der Waals surface area contributed by atoms with Crippen molar-refractivity contribution in [3.05, 3.63) is 38.4 Å². The normalized spacial score (nSPS) is 11.8. The van der Waals surface area contributed by atoms with Gasteiger partial charge in [0.2, 0.25) is 15.9 Å². The van der Waals surface area contributed by atoms with Gasteiger partial charge in [0.15, 0.2) is 5.82 Å². The smallest absolute Gasteiger partial charge is 0.243 e. The topological polar surface area (TPSA) is 85.1 Å². The molecule has 1 heterocycles. The Bertz CT molecular complexity index is 725. The largest absolute Gasteiger partial charge is 0.340 e. The van der Waals surface area contributed by atoms with E-state index in [4.69, 9.17) is 27.7 Å². The Kier molecular flexibility index (Phi) is 4.70. The fourth-order valence-electron chi connectivity index (χ4n) is 1.43. The third-order valence-electron chi connectivity index (χ3n) is 2.22. The van der Waals surface area contributed by atoms with Gasteiger partial charge in [-0.1, -0.05) is 44.3 Å². The van der Waals surface area contributed by atoms with Gasteiger partial charge >= 0.3 is 0 Å². The second-order valence-electron chi connectivity index (χ2n) is 3.75. The van der Waals surface area contributed by atoms with Gasteiger partial charge in [0.1, 0.15) is 4.90 Å². The Hall–Kier alpha value is -0.670. The Morgan fingerprint density at radius 2 is 1.95 bits per heavy atom. The third-order valence-corrected chi connectivity index (χ3v) is 5.00. The number of sulfonamides is 1. The van der Waals surface area contributed by atoms with Crippen molar-refractivity contribution in [1.29, 1.82) is 0 Å². The summed E-state index contributed by atoms with van der Waals surface area (Å²) in [5, 5.41) is 3.61. The number of hydrogen-bond donors (Lipinski definition) is 1. The fourth-order valence-corrected chi connectivity index (χ4v) is 4.34. The predicted octanol–water partition coefficient (Wildman–Crippen LogP) is 2.93. The Labute approximate surface area is 133 Å². The molecule has 0 fully saturated rings. The number of aromatic nitrogens is 2. The van der Waals surface area contributed by atoms with E-state index in [1.165, 1.54) is 12.1 Å². The molecule has 1 aromatic carbocycles. The highest BCUT2D eigenvalue weighted by atomic mass is 79.9. The molecule has 0 bridgehead atoms. The minimum absolute atomic E-state index is 0.0150. The van der Waals surface area contributed by atoms with Crippen molar-refractivity contribution in [3.8, 4) is 0 Å². The number of nitrogens with zero attached hydrogens (tertiary/aromatic N) is 2. The molecule has 1 aromatic heterocycles. The Morgan fingerprint density at radius 1 is 1.35 bits per heavy atom. The summed E-state index contributed by atoms with van der Waals surface area (Å²) in [6, 6.07) is 2.89. The second-order valence-corrected chi connectivity index (χ2v) is 7.19. The van der Waals surface area contributed by atoms with Crippen molar-refractivity contribution >= 4 is 49.2 Å². The van der Waals surface area contributed by atoms with Gasteiger partial charge < -0.3 is 4.52 Å². The lowest BCUT2D eigenvalue weighted by atomic mass is 10.4. The Balaban J connectivity index is 2.27. The van der Waals surface area contributed by atoms with Crippen LogP contribution < -0.4 is 4.72 Å². The van der Waals surface area contributed by atoms with E-state index in [0.29, 0.717) is 10.4 Å². The average molecular weight is 401 g/mol. The molecule has 0 spiro atoms. The average Bonchev–Trinajstić information content (AvgIpc) is 2.71. The number of rotatable bonds is 4. The van der Waals surface area contributed by atoms with Crippen molar-refractivity contribution in [2.45, 2.75) is 18.4 Å². The van der Waals surface area contributed by atoms with Crippen molar-refractivity contribution in [1.82, 2.24) is 14.9 Å². The molecule has 10 heteroatoms. The minimum Gasteiger partial charge on any atom is -0.340 e. The van der Waals surface area contributed by atoms with Gasteiger partial charge in [-0.05, 0) is 12.1 Å². The van der Waals surface area contributed by atoms with Crippen LogP contribution in [0.3, 0.4) is 0 Å². The molecular weight excluding hydrogens is 393 g/mol.